The van der Waals surface area contributed by atoms with E-state index in [1.165, 1.54) is 13.8 Å². The number of halogens is 3. The van der Waals surface area contributed by atoms with Gasteiger partial charge in [-0.2, -0.15) is 0 Å². The zero-order chi connectivity index (χ0) is 13.2. The molecule has 1 rings (SSSR count). The predicted octanol–water partition coefficient (Wildman–Crippen LogP) is 1.81. The summed E-state index contributed by atoms with van der Waals surface area (Å²) in [5.41, 5.74) is -0.642. The number of ketones is 1. The third-order valence-corrected chi connectivity index (χ3v) is 2.24. The average molecular weight is 245 g/mol. The summed E-state index contributed by atoms with van der Waals surface area (Å²) in [7, 11) is 0. The van der Waals surface area contributed by atoms with Crippen LogP contribution in [0.4, 0.5) is 13.2 Å². The Morgan fingerprint density at radius 1 is 1.18 bits per heavy atom. The van der Waals surface area contributed by atoms with E-state index in [0.717, 1.165) is 6.07 Å². The summed E-state index contributed by atoms with van der Waals surface area (Å²) in [5.74, 6) is -5.96. The first-order chi connectivity index (χ1) is 7.84. The molecule has 0 radical (unpaired) electrons. The zero-order valence-corrected chi connectivity index (χ0v) is 9.18. The normalized spacial score (nSPS) is 12.1. The Balaban J connectivity index is 2.98. The highest BCUT2D eigenvalue weighted by Gasteiger charge is 2.20. The Bertz CT molecular complexity index is 474. The fraction of sp³-hybridized carbons (Fsp3) is 0.273. The van der Waals surface area contributed by atoms with Crippen molar-refractivity contribution in [3.05, 3.63) is 35.1 Å². The van der Waals surface area contributed by atoms with E-state index < -0.39 is 35.0 Å². The maximum Gasteiger partial charge on any atom is 0.254 e. The fourth-order valence-electron chi connectivity index (χ4n) is 1.08. The van der Waals surface area contributed by atoms with E-state index >= 15 is 0 Å². The van der Waals surface area contributed by atoms with Gasteiger partial charge in [-0.05, 0) is 26.0 Å². The molecule has 92 valence electrons. The maximum absolute atomic E-state index is 13.2. The van der Waals surface area contributed by atoms with Gasteiger partial charge in [-0.25, -0.2) is 13.2 Å². The van der Waals surface area contributed by atoms with Crippen molar-refractivity contribution in [2.45, 2.75) is 19.9 Å². The first-order valence-electron chi connectivity index (χ1n) is 4.79. The first-order valence-corrected chi connectivity index (χ1v) is 4.79. The molecule has 1 amide bonds. The van der Waals surface area contributed by atoms with Crippen LogP contribution in [0, 0.1) is 17.5 Å². The van der Waals surface area contributed by atoms with Crippen LogP contribution >= 0.6 is 0 Å². The highest BCUT2D eigenvalue weighted by atomic mass is 19.2. The molecule has 0 aromatic heterocycles. The van der Waals surface area contributed by atoms with Gasteiger partial charge < -0.3 is 5.32 Å². The second-order valence-corrected chi connectivity index (χ2v) is 3.53. The molecule has 17 heavy (non-hydrogen) atoms. The molecule has 1 atom stereocenters. The molecule has 0 spiro atoms. The number of Topliss-reactive ketones (excluding diaryl/α,β-unsaturated/α-hetero) is 1. The van der Waals surface area contributed by atoms with Crippen molar-refractivity contribution in [1.29, 1.82) is 0 Å². The number of carbonyl (C=O) groups excluding carboxylic acids is 2. The molecule has 0 aliphatic carbocycles. The van der Waals surface area contributed by atoms with E-state index in [1.807, 2.05) is 0 Å². The van der Waals surface area contributed by atoms with Crippen LogP contribution in [0.25, 0.3) is 0 Å². The van der Waals surface area contributed by atoms with E-state index in [9.17, 15) is 22.8 Å². The number of benzene rings is 1. The molecule has 0 aliphatic heterocycles. The van der Waals surface area contributed by atoms with E-state index in [-0.39, 0.29) is 5.78 Å². The van der Waals surface area contributed by atoms with Gasteiger partial charge in [0.2, 0.25) is 0 Å². The molecular weight excluding hydrogens is 235 g/mol. The van der Waals surface area contributed by atoms with Crippen molar-refractivity contribution in [3.63, 3.8) is 0 Å². The number of rotatable bonds is 3. The number of amides is 1. The Labute approximate surface area is 95.6 Å². The van der Waals surface area contributed by atoms with E-state index in [0.29, 0.717) is 6.07 Å². The van der Waals surface area contributed by atoms with Gasteiger partial charge in [0, 0.05) is 0 Å². The van der Waals surface area contributed by atoms with Crippen LogP contribution in [-0.2, 0) is 4.79 Å². The molecule has 1 N–H and O–H groups in total. The lowest BCUT2D eigenvalue weighted by Crippen LogP contribution is -2.37. The summed E-state index contributed by atoms with van der Waals surface area (Å²) in [5, 5.41) is 2.17. The molecule has 1 unspecified atom stereocenters. The van der Waals surface area contributed by atoms with Crippen molar-refractivity contribution in [2.24, 2.45) is 0 Å². The summed E-state index contributed by atoms with van der Waals surface area (Å²) in [6, 6.07) is 0.636. The minimum Gasteiger partial charge on any atom is -0.342 e. The second kappa shape index (κ2) is 4.99. The molecule has 6 heteroatoms. The van der Waals surface area contributed by atoms with Crippen molar-refractivity contribution < 1.29 is 22.8 Å². The molecule has 1 aromatic rings. The smallest absolute Gasteiger partial charge is 0.254 e. The highest BCUT2D eigenvalue weighted by molar-refractivity contribution is 5.97. The van der Waals surface area contributed by atoms with Crippen molar-refractivity contribution in [3.8, 4) is 0 Å². The molecule has 0 heterocycles. The third kappa shape index (κ3) is 2.83. The zero-order valence-electron chi connectivity index (χ0n) is 9.18. The van der Waals surface area contributed by atoms with E-state index in [2.05, 4.69) is 5.32 Å². The number of hydrogen-bond donors (Lipinski definition) is 1. The van der Waals surface area contributed by atoms with Gasteiger partial charge in [-0.1, -0.05) is 0 Å². The lowest BCUT2D eigenvalue weighted by molar-refractivity contribution is -0.118. The number of nitrogens with one attached hydrogen (secondary N) is 1. The first kappa shape index (κ1) is 13.2. The monoisotopic (exact) mass is 245 g/mol. The summed E-state index contributed by atoms with van der Waals surface area (Å²) >= 11 is 0. The molecule has 0 saturated carbocycles. The van der Waals surface area contributed by atoms with Crippen LogP contribution in [0.3, 0.4) is 0 Å². The predicted molar refractivity (Wildman–Crippen MR) is 53.9 cm³/mol. The van der Waals surface area contributed by atoms with Gasteiger partial charge in [0.25, 0.3) is 5.91 Å². The van der Waals surface area contributed by atoms with Crippen molar-refractivity contribution in [2.75, 3.05) is 0 Å². The van der Waals surface area contributed by atoms with Gasteiger partial charge in [0.05, 0.1) is 11.6 Å². The quantitative estimate of drug-likeness (QED) is 0.825. The summed E-state index contributed by atoms with van der Waals surface area (Å²) < 4.78 is 38.7. The van der Waals surface area contributed by atoms with Crippen LogP contribution in [0.2, 0.25) is 0 Å². The SMILES string of the molecule is CC(=O)C(C)NC(=O)c1ccc(F)c(F)c1F. The fourth-order valence-corrected chi connectivity index (χ4v) is 1.08. The Kier molecular flexibility index (Phi) is 3.88. The standard InChI is InChI=1S/C11H10F3NO2/c1-5(6(2)16)15-11(17)7-3-4-8(12)10(14)9(7)13/h3-5H,1-2H3,(H,15,17). The topological polar surface area (TPSA) is 46.2 Å². The van der Waals surface area contributed by atoms with Gasteiger partial charge in [-0.15, -0.1) is 0 Å². The Morgan fingerprint density at radius 3 is 2.29 bits per heavy atom. The number of carbonyl (C=O) groups is 2. The van der Waals surface area contributed by atoms with Gasteiger partial charge in [0.1, 0.15) is 0 Å². The maximum atomic E-state index is 13.2. The number of hydrogen-bond acceptors (Lipinski definition) is 2. The largest absolute Gasteiger partial charge is 0.342 e. The summed E-state index contributed by atoms with van der Waals surface area (Å²) in [6.07, 6.45) is 0. The Hall–Kier alpha value is -1.85. The van der Waals surface area contributed by atoms with E-state index in [1.54, 1.807) is 0 Å². The molecular formula is C11H10F3NO2. The van der Waals surface area contributed by atoms with Crippen molar-refractivity contribution >= 4 is 11.7 Å². The van der Waals surface area contributed by atoms with Crippen LogP contribution in [0.1, 0.15) is 24.2 Å². The molecule has 1 aromatic carbocycles. The molecule has 0 aliphatic rings. The molecule has 0 fully saturated rings. The average Bonchev–Trinajstić information content (AvgIpc) is 2.25. The third-order valence-electron chi connectivity index (χ3n) is 2.24. The van der Waals surface area contributed by atoms with Crippen LogP contribution in [0.15, 0.2) is 12.1 Å². The summed E-state index contributed by atoms with van der Waals surface area (Å²) in [4.78, 5) is 22.3. The van der Waals surface area contributed by atoms with Crippen LogP contribution in [-0.4, -0.2) is 17.7 Å². The van der Waals surface area contributed by atoms with Gasteiger partial charge in [0.15, 0.2) is 23.2 Å². The van der Waals surface area contributed by atoms with Gasteiger partial charge in [-0.3, -0.25) is 9.59 Å². The minimum absolute atomic E-state index is 0.332. The van der Waals surface area contributed by atoms with Gasteiger partial charge >= 0.3 is 0 Å². The van der Waals surface area contributed by atoms with Crippen LogP contribution < -0.4 is 5.32 Å². The Morgan fingerprint density at radius 2 is 1.76 bits per heavy atom. The lowest BCUT2D eigenvalue weighted by atomic mass is 10.1. The minimum atomic E-state index is -1.71. The van der Waals surface area contributed by atoms with Crippen molar-refractivity contribution in [1.82, 2.24) is 5.32 Å². The van der Waals surface area contributed by atoms with E-state index in [4.69, 9.17) is 0 Å². The molecule has 3 nitrogen and oxygen atoms in total. The molecule has 0 bridgehead atoms. The summed E-state index contributed by atoms with van der Waals surface area (Å²) in [6.45, 7) is 2.64. The lowest BCUT2D eigenvalue weighted by Gasteiger charge is -2.11. The van der Waals surface area contributed by atoms with Crippen LogP contribution in [0.5, 0.6) is 0 Å². The highest BCUT2D eigenvalue weighted by Crippen LogP contribution is 2.15. The molecule has 0 saturated heterocycles. The second-order valence-electron chi connectivity index (χ2n) is 3.53.